The molecule has 2 aromatic rings. The van der Waals surface area contributed by atoms with E-state index in [1.807, 2.05) is 6.92 Å². The highest BCUT2D eigenvalue weighted by molar-refractivity contribution is 5.55. The van der Waals surface area contributed by atoms with Crippen molar-refractivity contribution in [1.29, 1.82) is 0 Å². The smallest absolute Gasteiger partial charge is 0.0849 e. The highest BCUT2D eigenvalue weighted by Gasteiger charge is 2.28. The molecule has 0 bridgehead atoms. The molecular weight excluding hydrogens is 368 g/mol. The van der Waals surface area contributed by atoms with E-state index in [2.05, 4.69) is 76.9 Å². The number of aliphatic hydroxyl groups excluding tert-OH is 1. The number of aliphatic hydroxyl groups is 1. The average Bonchev–Trinajstić information content (AvgIpc) is 2.78. The number of likely N-dealkylation sites (tertiary alicyclic amines) is 1. The van der Waals surface area contributed by atoms with Gasteiger partial charge in [-0.1, -0.05) is 79.9 Å². The highest BCUT2D eigenvalue weighted by Crippen LogP contribution is 2.37. The zero-order valence-corrected chi connectivity index (χ0v) is 18.5. The zero-order chi connectivity index (χ0) is 21.0. The molecule has 1 aliphatic rings. The van der Waals surface area contributed by atoms with Crippen LogP contribution in [0.15, 0.2) is 65.7 Å². The molecule has 1 unspecified atom stereocenters. The van der Waals surface area contributed by atoms with Crippen LogP contribution in [-0.2, 0) is 0 Å². The van der Waals surface area contributed by atoms with Gasteiger partial charge < -0.3 is 10.0 Å². The molecule has 3 nitrogen and oxygen atoms in total. The first-order valence-corrected chi connectivity index (χ1v) is 11.8. The van der Waals surface area contributed by atoms with Gasteiger partial charge in [0.1, 0.15) is 0 Å². The van der Waals surface area contributed by atoms with E-state index in [0.717, 1.165) is 38.9 Å². The van der Waals surface area contributed by atoms with E-state index in [9.17, 15) is 5.11 Å². The van der Waals surface area contributed by atoms with Gasteiger partial charge in [0.15, 0.2) is 0 Å². The van der Waals surface area contributed by atoms with Crippen LogP contribution in [0.4, 0.5) is 0 Å². The Morgan fingerprint density at radius 1 is 0.900 bits per heavy atom. The van der Waals surface area contributed by atoms with Gasteiger partial charge >= 0.3 is 0 Å². The van der Waals surface area contributed by atoms with Crippen molar-refractivity contribution in [2.45, 2.75) is 63.9 Å². The fraction of sp³-hybridized carbons (Fsp3) is 0.519. The molecule has 162 valence electrons. The summed E-state index contributed by atoms with van der Waals surface area (Å²) in [5.41, 5.74) is 2.87. The third-order valence-electron chi connectivity index (χ3n) is 6.27. The largest absolute Gasteiger partial charge is 0.393 e. The van der Waals surface area contributed by atoms with Gasteiger partial charge in [-0.05, 0) is 49.7 Å². The Morgan fingerprint density at radius 3 is 2.03 bits per heavy atom. The van der Waals surface area contributed by atoms with Crippen molar-refractivity contribution >= 4 is 6.34 Å². The Balaban J connectivity index is 1.45. The highest BCUT2D eigenvalue weighted by atomic mass is 16.3. The molecule has 1 saturated heterocycles. The van der Waals surface area contributed by atoms with Crippen LogP contribution < -0.4 is 0 Å². The van der Waals surface area contributed by atoms with E-state index in [4.69, 9.17) is 0 Å². The van der Waals surface area contributed by atoms with Gasteiger partial charge in [0.05, 0.1) is 12.4 Å². The van der Waals surface area contributed by atoms with Crippen molar-refractivity contribution in [3.8, 4) is 0 Å². The molecule has 0 amide bonds. The lowest BCUT2D eigenvalue weighted by atomic mass is 9.76. The molecule has 1 fully saturated rings. The summed E-state index contributed by atoms with van der Waals surface area (Å²) >= 11 is 0. The molecule has 1 atom stereocenters. The van der Waals surface area contributed by atoms with E-state index in [1.54, 1.807) is 0 Å². The first kappa shape index (κ1) is 22.6. The minimum atomic E-state index is -0.158. The van der Waals surface area contributed by atoms with Gasteiger partial charge in [-0.25, -0.2) is 0 Å². The van der Waals surface area contributed by atoms with Crippen LogP contribution >= 0.6 is 0 Å². The van der Waals surface area contributed by atoms with Gasteiger partial charge in [-0.15, -0.1) is 0 Å². The second-order valence-corrected chi connectivity index (χ2v) is 8.75. The number of aliphatic imine (C=N–C) groups is 1. The van der Waals surface area contributed by atoms with E-state index >= 15 is 0 Å². The number of benzene rings is 2. The molecule has 0 radical (unpaired) electrons. The second kappa shape index (κ2) is 12.5. The summed E-state index contributed by atoms with van der Waals surface area (Å²) in [6.07, 6.45) is 9.95. The molecule has 3 rings (SSSR count). The van der Waals surface area contributed by atoms with Crippen LogP contribution in [0.5, 0.6) is 0 Å². The minimum absolute atomic E-state index is 0.158. The topological polar surface area (TPSA) is 35.8 Å². The molecule has 0 saturated carbocycles. The van der Waals surface area contributed by atoms with Crippen molar-refractivity contribution in [3.63, 3.8) is 0 Å². The minimum Gasteiger partial charge on any atom is -0.393 e. The van der Waals surface area contributed by atoms with Crippen molar-refractivity contribution < 1.29 is 5.11 Å². The molecule has 30 heavy (non-hydrogen) atoms. The van der Waals surface area contributed by atoms with Crippen molar-refractivity contribution in [2.75, 3.05) is 19.6 Å². The Bertz CT molecular complexity index is 682. The number of unbranched alkanes of at least 4 members (excludes halogenated alkanes) is 3. The van der Waals surface area contributed by atoms with Crippen LogP contribution in [0.3, 0.4) is 0 Å². The number of hydrogen-bond acceptors (Lipinski definition) is 2. The lowest BCUT2D eigenvalue weighted by Crippen LogP contribution is -2.35. The van der Waals surface area contributed by atoms with Gasteiger partial charge in [0.25, 0.3) is 0 Å². The van der Waals surface area contributed by atoms with Crippen molar-refractivity contribution in [3.05, 3.63) is 71.8 Å². The molecule has 1 heterocycles. The SMILES string of the molecule is CC(O)CCCCCCN=CN1CCC(C(c2ccccc2)c2ccccc2)CC1. The summed E-state index contributed by atoms with van der Waals surface area (Å²) in [4.78, 5) is 7.07. The summed E-state index contributed by atoms with van der Waals surface area (Å²) in [6, 6.07) is 22.0. The Hall–Kier alpha value is -2.13. The molecule has 1 aliphatic heterocycles. The maximum Gasteiger partial charge on any atom is 0.0849 e. The summed E-state index contributed by atoms with van der Waals surface area (Å²) in [5.74, 6) is 1.15. The normalized spacial score (nSPS) is 16.4. The summed E-state index contributed by atoms with van der Waals surface area (Å²) < 4.78 is 0. The van der Waals surface area contributed by atoms with E-state index in [-0.39, 0.29) is 6.10 Å². The maximum absolute atomic E-state index is 9.29. The van der Waals surface area contributed by atoms with Gasteiger partial charge in [0.2, 0.25) is 0 Å². The van der Waals surface area contributed by atoms with Crippen molar-refractivity contribution in [2.24, 2.45) is 10.9 Å². The van der Waals surface area contributed by atoms with Gasteiger partial charge in [-0.3, -0.25) is 4.99 Å². The Morgan fingerprint density at radius 2 is 1.47 bits per heavy atom. The summed E-state index contributed by atoms with van der Waals surface area (Å²) in [5, 5.41) is 9.29. The van der Waals surface area contributed by atoms with Crippen LogP contribution in [0, 0.1) is 5.92 Å². The predicted molar refractivity (Wildman–Crippen MR) is 127 cm³/mol. The third-order valence-corrected chi connectivity index (χ3v) is 6.27. The quantitative estimate of drug-likeness (QED) is 0.287. The number of hydrogen-bond donors (Lipinski definition) is 1. The van der Waals surface area contributed by atoms with Gasteiger partial charge in [0, 0.05) is 25.6 Å². The number of rotatable bonds is 11. The maximum atomic E-state index is 9.29. The van der Waals surface area contributed by atoms with Crippen LogP contribution in [0.2, 0.25) is 0 Å². The molecule has 0 spiro atoms. The first-order chi connectivity index (χ1) is 14.7. The Kier molecular flexibility index (Phi) is 9.43. The zero-order valence-electron chi connectivity index (χ0n) is 18.5. The number of nitrogens with zero attached hydrogens (tertiary/aromatic N) is 2. The van der Waals surface area contributed by atoms with Crippen LogP contribution in [-0.4, -0.2) is 42.1 Å². The molecule has 3 heteroatoms. The Labute approximate surface area is 182 Å². The first-order valence-electron chi connectivity index (χ1n) is 11.8. The molecular formula is C27H38N2O. The predicted octanol–water partition coefficient (Wildman–Crippen LogP) is 5.89. The third kappa shape index (κ3) is 7.28. The van der Waals surface area contributed by atoms with E-state index in [1.165, 1.54) is 36.8 Å². The van der Waals surface area contributed by atoms with E-state index < -0.39 is 0 Å². The van der Waals surface area contributed by atoms with Crippen molar-refractivity contribution in [1.82, 2.24) is 4.90 Å². The lowest BCUT2D eigenvalue weighted by molar-refractivity contribution is 0.180. The average molecular weight is 407 g/mol. The standard InChI is InChI=1S/C27H38N2O/c1-23(30)12-6-2-3-11-19-28-22-29-20-17-26(18-21-29)27(24-13-7-4-8-14-24)25-15-9-5-10-16-25/h4-5,7-10,13-16,22-23,26-27,30H,2-3,6,11-12,17-21H2,1H3. The fourth-order valence-electron chi connectivity index (χ4n) is 4.60. The lowest BCUT2D eigenvalue weighted by Gasteiger charge is -2.36. The second-order valence-electron chi connectivity index (χ2n) is 8.75. The van der Waals surface area contributed by atoms with E-state index in [0.29, 0.717) is 11.8 Å². The molecule has 0 aromatic heterocycles. The summed E-state index contributed by atoms with van der Waals surface area (Å²) in [6.45, 7) is 4.98. The van der Waals surface area contributed by atoms with Crippen LogP contribution in [0.1, 0.15) is 68.9 Å². The monoisotopic (exact) mass is 406 g/mol. The molecule has 0 aliphatic carbocycles. The summed E-state index contributed by atoms with van der Waals surface area (Å²) in [7, 11) is 0. The molecule has 2 aromatic carbocycles. The van der Waals surface area contributed by atoms with Gasteiger partial charge in [-0.2, -0.15) is 0 Å². The number of piperidine rings is 1. The molecule has 1 N–H and O–H groups in total. The fourth-order valence-corrected chi connectivity index (χ4v) is 4.60. The van der Waals surface area contributed by atoms with Crippen LogP contribution in [0.25, 0.3) is 0 Å².